The van der Waals surface area contributed by atoms with Gasteiger partial charge in [-0.05, 0) is 35.4 Å². The second kappa shape index (κ2) is 5.61. The summed E-state index contributed by atoms with van der Waals surface area (Å²) < 4.78 is 1.97. The molecule has 17 heavy (non-hydrogen) atoms. The Kier molecular flexibility index (Phi) is 4.13. The quantitative estimate of drug-likeness (QED) is 0.740. The molecule has 0 bridgehead atoms. The van der Waals surface area contributed by atoms with E-state index in [1.54, 1.807) is 0 Å². The second-order valence-corrected chi connectivity index (χ2v) is 5.56. The molecule has 0 aromatic heterocycles. The highest BCUT2D eigenvalue weighted by Crippen LogP contribution is 2.26. The molecule has 0 aliphatic rings. The molecule has 2 rings (SSSR count). The average molecular weight is 354 g/mol. The smallest absolute Gasteiger partial charge is 0.131 e. The normalized spacial score (nSPS) is 10.5. The van der Waals surface area contributed by atoms with Crippen LogP contribution in [-0.4, -0.2) is 6.29 Å². The predicted octanol–water partition coefficient (Wildman–Crippen LogP) is 4.54. The van der Waals surface area contributed by atoms with Gasteiger partial charge in [0.15, 0.2) is 0 Å². The summed E-state index contributed by atoms with van der Waals surface area (Å²) in [6.45, 7) is 0. The van der Waals surface area contributed by atoms with E-state index in [9.17, 15) is 4.79 Å². The minimum absolute atomic E-state index is 0.218. The average Bonchev–Trinajstić information content (AvgIpc) is 2.30. The highest BCUT2D eigenvalue weighted by molar-refractivity contribution is 9.10. The Morgan fingerprint density at radius 3 is 1.71 bits per heavy atom. The largest absolute Gasteiger partial charge is 0.302 e. The van der Waals surface area contributed by atoms with Gasteiger partial charge in [-0.2, -0.15) is 0 Å². The van der Waals surface area contributed by atoms with Crippen molar-refractivity contribution in [3.63, 3.8) is 0 Å². The summed E-state index contributed by atoms with van der Waals surface area (Å²) in [6, 6.07) is 15.6. The van der Waals surface area contributed by atoms with Gasteiger partial charge in [-0.1, -0.05) is 56.1 Å². The molecule has 2 aromatic carbocycles. The maximum absolute atomic E-state index is 11.3. The zero-order valence-corrected chi connectivity index (χ0v) is 12.1. The summed E-state index contributed by atoms with van der Waals surface area (Å²) >= 11 is 6.84. The summed E-state index contributed by atoms with van der Waals surface area (Å²) in [5.74, 6) is -0.218. The van der Waals surface area contributed by atoms with E-state index < -0.39 is 0 Å². The van der Waals surface area contributed by atoms with Gasteiger partial charge in [0.25, 0.3) is 0 Å². The molecule has 0 N–H and O–H groups in total. The summed E-state index contributed by atoms with van der Waals surface area (Å²) in [6.07, 6.45) is 0.976. The Hall–Kier alpha value is -0.930. The van der Waals surface area contributed by atoms with Crippen LogP contribution in [0, 0.1) is 0 Å². The molecule has 0 radical (unpaired) electrons. The highest BCUT2D eigenvalue weighted by atomic mass is 79.9. The van der Waals surface area contributed by atoms with Crippen molar-refractivity contribution < 1.29 is 4.79 Å². The van der Waals surface area contributed by atoms with Crippen molar-refractivity contribution in [2.24, 2.45) is 0 Å². The van der Waals surface area contributed by atoms with Crippen LogP contribution < -0.4 is 0 Å². The molecule has 0 unspecified atom stereocenters. The van der Waals surface area contributed by atoms with Crippen molar-refractivity contribution in [3.8, 4) is 0 Å². The van der Waals surface area contributed by atoms with E-state index in [-0.39, 0.29) is 5.92 Å². The molecule has 0 atom stereocenters. The van der Waals surface area contributed by atoms with Crippen LogP contribution in [0.5, 0.6) is 0 Å². The summed E-state index contributed by atoms with van der Waals surface area (Å²) in [5.41, 5.74) is 1.99. The molecule has 0 fully saturated rings. The van der Waals surface area contributed by atoms with E-state index in [0.29, 0.717) is 0 Å². The molecule has 0 spiro atoms. The maximum atomic E-state index is 11.3. The third-order valence-corrected chi connectivity index (χ3v) is 3.54. The van der Waals surface area contributed by atoms with Crippen molar-refractivity contribution in [2.75, 3.05) is 0 Å². The van der Waals surface area contributed by atoms with Crippen LogP contribution in [0.4, 0.5) is 0 Å². The lowest BCUT2D eigenvalue weighted by Crippen LogP contribution is -2.02. The Morgan fingerprint density at radius 1 is 0.882 bits per heavy atom. The molecule has 0 heterocycles. The van der Waals surface area contributed by atoms with Crippen molar-refractivity contribution >= 4 is 38.1 Å². The fourth-order valence-corrected chi connectivity index (χ4v) is 2.58. The van der Waals surface area contributed by atoms with Crippen LogP contribution in [0.15, 0.2) is 57.5 Å². The summed E-state index contributed by atoms with van der Waals surface area (Å²) in [5, 5.41) is 0. The van der Waals surface area contributed by atoms with Crippen LogP contribution in [0.2, 0.25) is 0 Å². The van der Waals surface area contributed by atoms with Gasteiger partial charge in [-0.25, -0.2) is 0 Å². The van der Waals surface area contributed by atoms with Crippen LogP contribution in [0.25, 0.3) is 0 Å². The van der Waals surface area contributed by atoms with Crippen molar-refractivity contribution in [1.82, 2.24) is 0 Å². The first-order valence-electron chi connectivity index (χ1n) is 5.17. The van der Waals surface area contributed by atoms with Gasteiger partial charge in [0.1, 0.15) is 6.29 Å². The molecule has 86 valence electrons. The monoisotopic (exact) mass is 352 g/mol. The first-order valence-corrected chi connectivity index (χ1v) is 6.75. The van der Waals surface area contributed by atoms with Gasteiger partial charge >= 0.3 is 0 Å². The predicted molar refractivity (Wildman–Crippen MR) is 76.2 cm³/mol. The lowest BCUT2D eigenvalue weighted by Gasteiger charge is -2.11. The lowest BCUT2D eigenvalue weighted by atomic mass is 9.93. The molecule has 0 amide bonds. The third kappa shape index (κ3) is 3.05. The van der Waals surface area contributed by atoms with E-state index in [1.165, 1.54) is 0 Å². The zero-order valence-electron chi connectivity index (χ0n) is 8.94. The summed E-state index contributed by atoms with van der Waals surface area (Å²) in [4.78, 5) is 11.3. The summed E-state index contributed by atoms with van der Waals surface area (Å²) in [7, 11) is 0. The van der Waals surface area contributed by atoms with Crippen LogP contribution in [0.1, 0.15) is 17.0 Å². The first-order chi connectivity index (χ1) is 8.20. The topological polar surface area (TPSA) is 17.1 Å². The van der Waals surface area contributed by atoms with Crippen LogP contribution in [-0.2, 0) is 4.79 Å². The number of hydrogen-bond donors (Lipinski definition) is 0. The fourth-order valence-electron chi connectivity index (χ4n) is 1.75. The molecular weight excluding hydrogens is 344 g/mol. The zero-order chi connectivity index (χ0) is 12.3. The molecule has 3 heteroatoms. The molecule has 0 saturated heterocycles. The Bertz CT molecular complexity index is 492. The van der Waals surface area contributed by atoms with E-state index in [2.05, 4.69) is 31.9 Å². The maximum Gasteiger partial charge on any atom is 0.131 e. The number of aldehydes is 1. The Balaban J connectivity index is 2.43. The van der Waals surface area contributed by atoms with Crippen molar-refractivity contribution in [3.05, 3.63) is 68.6 Å². The van der Waals surface area contributed by atoms with E-state index >= 15 is 0 Å². The van der Waals surface area contributed by atoms with Gasteiger partial charge in [-0.3, -0.25) is 0 Å². The SMILES string of the molecule is O=CC(c1cccc(Br)c1)c1cccc(Br)c1. The van der Waals surface area contributed by atoms with Gasteiger partial charge in [0, 0.05) is 8.95 Å². The first kappa shape index (κ1) is 12.5. The van der Waals surface area contributed by atoms with Crippen molar-refractivity contribution in [1.29, 1.82) is 0 Å². The molecule has 0 aliphatic carbocycles. The Morgan fingerprint density at radius 2 is 1.35 bits per heavy atom. The van der Waals surface area contributed by atoms with Crippen LogP contribution in [0.3, 0.4) is 0 Å². The number of hydrogen-bond acceptors (Lipinski definition) is 1. The van der Waals surface area contributed by atoms with Gasteiger partial charge < -0.3 is 4.79 Å². The van der Waals surface area contributed by atoms with Crippen molar-refractivity contribution in [2.45, 2.75) is 5.92 Å². The van der Waals surface area contributed by atoms with E-state index in [1.807, 2.05) is 48.5 Å². The molecule has 2 aromatic rings. The third-order valence-electron chi connectivity index (χ3n) is 2.55. The number of rotatable bonds is 3. The van der Waals surface area contributed by atoms with Crippen LogP contribution >= 0.6 is 31.9 Å². The minimum Gasteiger partial charge on any atom is -0.302 e. The lowest BCUT2D eigenvalue weighted by molar-refractivity contribution is -0.108. The molecule has 0 saturated carbocycles. The highest BCUT2D eigenvalue weighted by Gasteiger charge is 2.13. The number of carbonyl (C=O) groups excluding carboxylic acids is 1. The number of carbonyl (C=O) groups is 1. The molecular formula is C14H10Br2O. The fraction of sp³-hybridized carbons (Fsp3) is 0.0714. The van der Waals surface area contributed by atoms with Gasteiger partial charge in [0.05, 0.1) is 5.92 Å². The number of halogens is 2. The molecule has 0 aliphatic heterocycles. The Labute approximate surface area is 117 Å². The second-order valence-electron chi connectivity index (χ2n) is 3.72. The standard InChI is InChI=1S/C14H10Br2O/c15-12-5-1-3-10(7-12)14(9-17)11-4-2-6-13(16)8-11/h1-9,14H. The van der Waals surface area contributed by atoms with Gasteiger partial charge in [-0.15, -0.1) is 0 Å². The van der Waals surface area contributed by atoms with Gasteiger partial charge in [0.2, 0.25) is 0 Å². The molecule has 1 nitrogen and oxygen atoms in total. The number of benzene rings is 2. The van der Waals surface area contributed by atoms with E-state index in [0.717, 1.165) is 26.4 Å². The minimum atomic E-state index is -0.218. The van der Waals surface area contributed by atoms with E-state index in [4.69, 9.17) is 0 Å².